The Kier molecular flexibility index (Phi) is 4.71. The maximum Gasteiger partial charge on any atom is 0.254 e. The third-order valence-electron chi connectivity index (χ3n) is 3.39. The monoisotopic (exact) mass is 300 g/mol. The first-order chi connectivity index (χ1) is 9.00. The maximum atomic E-state index is 12.6. The zero-order chi connectivity index (χ0) is 14.0. The Labute approximate surface area is 123 Å². The molecule has 1 aromatic carbocycles. The molecule has 1 aliphatic heterocycles. The van der Waals surface area contributed by atoms with Crippen molar-refractivity contribution in [3.63, 3.8) is 0 Å². The van der Waals surface area contributed by atoms with Gasteiger partial charge in [-0.05, 0) is 45.0 Å². The van der Waals surface area contributed by atoms with Gasteiger partial charge in [0.15, 0.2) is 0 Å². The molecule has 2 rings (SSSR count). The molecule has 0 aliphatic carbocycles. The van der Waals surface area contributed by atoms with Crippen LogP contribution in [0.5, 0.6) is 0 Å². The second-order valence-electron chi connectivity index (χ2n) is 5.08. The molecular formula is C14H18Cl2N2O. The number of rotatable bonds is 3. The minimum Gasteiger partial charge on any atom is -0.332 e. The third kappa shape index (κ3) is 3.22. The summed E-state index contributed by atoms with van der Waals surface area (Å²) in [5.41, 5.74) is 0.593. The summed E-state index contributed by atoms with van der Waals surface area (Å²) in [5, 5.41) is 4.18. The lowest BCUT2D eigenvalue weighted by Gasteiger charge is -2.32. The van der Waals surface area contributed by atoms with Crippen molar-refractivity contribution in [2.24, 2.45) is 0 Å². The quantitative estimate of drug-likeness (QED) is 0.930. The van der Waals surface area contributed by atoms with Crippen LogP contribution in [0, 0.1) is 0 Å². The summed E-state index contributed by atoms with van der Waals surface area (Å²) < 4.78 is 0. The lowest BCUT2D eigenvalue weighted by molar-refractivity contribution is 0.0627. The number of benzene rings is 1. The van der Waals surface area contributed by atoms with Crippen LogP contribution in [0.1, 0.15) is 30.6 Å². The first-order valence-corrected chi connectivity index (χ1v) is 7.24. The summed E-state index contributed by atoms with van der Waals surface area (Å²) in [6.07, 6.45) is 0.991. The van der Waals surface area contributed by atoms with Gasteiger partial charge in [0, 0.05) is 24.2 Å². The molecule has 0 radical (unpaired) electrons. The van der Waals surface area contributed by atoms with Gasteiger partial charge in [-0.1, -0.05) is 23.2 Å². The molecule has 0 aromatic heterocycles. The summed E-state index contributed by atoms with van der Waals surface area (Å²) in [7, 11) is 0. The largest absolute Gasteiger partial charge is 0.332 e. The van der Waals surface area contributed by atoms with Crippen molar-refractivity contribution in [3.05, 3.63) is 33.8 Å². The highest BCUT2D eigenvalue weighted by atomic mass is 35.5. The maximum absolute atomic E-state index is 12.6. The van der Waals surface area contributed by atoms with E-state index in [2.05, 4.69) is 5.32 Å². The first kappa shape index (κ1) is 14.6. The van der Waals surface area contributed by atoms with Gasteiger partial charge in [0.05, 0.1) is 10.0 Å². The SMILES string of the molecule is CC(C)N(C(=O)c1ccc(Cl)c(Cl)c1)C1CCNC1. The van der Waals surface area contributed by atoms with E-state index in [1.165, 1.54) is 0 Å². The van der Waals surface area contributed by atoms with E-state index in [0.717, 1.165) is 19.5 Å². The number of nitrogens with one attached hydrogen (secondary N) is 1. The molecule has 1 saturated heterocycles. The molecule has 1 aliphatic rings. The average molecular weight is 301 g/mol. The number of carbonyl (C=O) groups is 1. The van der Waals surface area contributed by atoms with Gasteiger partial charge in [0.1, 0.15) is 0 Å². The summed E-state index contributed by atoms with van der Waals surface area (Å²) in [4.78, 5) is 14.6. The first-order valence-electron chi connectivity index (χ1n) is 6.49. The molecular weight excluding hydrogens is 283 g/mol. The van der Waals surface area contributed by atoms with Gasteiger partial charge in [0.25, 0.3) is 5.91 Å². The summed E-state index contributed by atoms with van der Waals surface area (Å²) >= 11 is 11.9. The molecule has 1 heterocycles. The van der Waals surface area contributed by atoms with E-state index in [1.54, 1.807) is 18.2 Å². The highest BCUT2D eigenvalue weighted by Gasteiger charge is 2.29. The van der Waals surface area contributed by atoms with Crippen LogP contribution < -0.4 is 5.32 Å². The number of nitrogens with zero attached hydrogens (tertiary/aromatic N) is 1. The minimum atomic E-state index is 0.0160. The molecule has 0 bridgehead atoms. The van der Waals surface area contributed by atoms with Gasteiger partial charge >= 0.3 is 0 Å². The van der Waals surface area contributed by atoms with Crippen LogP contribution in [-0.2, 0) is 0 Å². The highest BCUT2D eigenvalue weighted by molar-refractivity contribution is 6.42. The average Bonchev–Trinajstić information content (AvgIpc) is 2.86. The van der Waals surface area contributed by atoms with Gasteiger partial charge < -0.3 is 10.2 Å². The molecule has 3 nitrogen and oxygen atoms in total. The molecule has 1 amide bonds. The van der Waals surface area contributed by atoms with E-state index in [9.17, 15) is 4.79 Å². The molecule has 0 spiro atoms. The number of amides is 1. The van der Waals surface area contributed by atoms with Gasteiger partial charge in [-0.3, -0.25) is 4.79 Å². The number of hydrogen-bond acceptors (Lipinski definition) is 2. The standard InChI is InChI=1S/C14H18Cl2N2O/c1-9(2)18(11-5-6-17-8-11)14(19)10-3-4-12(15)13(16)7-10/h3-4,7,9,11,17H,5-6,8H2,1-2H3. The molecule has 1 aromatic rings. The van der Waals surface area contributed by atoms with Crippen LogP contribution >= 0.6 is 23.2 Å². The molecule has 1 unspecified atom stereocenters. The van der Waals surface area contributed by atoms with Crippen molar-refractivity contribution < 1.29 is 4.79 Å². The Hall–Kier alpha value is -0.770. The lowest BCUT2D eigenvalue weighted by Crippen LogP contribution is -2.45. The Morgan fingerprint density at radius 3 is 2.63 bits per heavy atom. The fourth-order valence-electron chi connectivity index (χ4n) is 2.48. The predicted molar refractivity (Wildman–Crippen MR) is 79.0 cm³/mol. The van der Waals surface area contributed by atoms with E-state index in [1.807, 2.05) is 18.7 Å². The van der Waals surface area contributed by atoms with E-state index in [4.69, 9.17) is 23.2 Å². The molecule has 0 saturated carbocycles. The lowest BCUT2D eigenvalue weighted by atomic mass is 10.1. The van der Waals surface area contributed by atoms with Crippen LogP contribution in [0.2, 0.25) is 10.0 Å². The van der Waals surface area contributed by atoms with Crippen LogP contribution in [0.15, 0.2) is 18.2 Å². The van der Waals surface area contributed by atoms with E-state index in [-0.39, 0.29) is 18.0 Å². The van der Waals surface area contributed by atoms with E-state index < -0.39 is 0 Å². The fourth-order valence-corrected chi connectivity index (χ4v) is 2.78. The fraction of sp³-hybridized carbons (Fsp3) is 0.500. The van der Waals surface area contributed by atoms with Crippen molar-refractivity contribution in [2.75, 3.05) is 13.1 Å². The molecule has 1 atom stereocenters. The van der Waals surface area contributed by atoms with Crippen molar-refractivity contribution in [3.8, 4) is 0 Å². The molecule has 19 heavy (non-hydrogen) atoms. The van der Waals surface area contributed by atoms with Crippen molar-refractivity contribution in [2.45, 2.75) is 32.4 Å². The number of hydrogen-bond donors (Lipinski definition) is 1. The van der Waals surface area contributed by atoms with Crippen LogP contribution in [0.25, 0.3) is 0 Å². The van der Waals surface area contributed by atoms with E-state index in [0.29, 0.717) is 15.6 Å². The minimum absolute atomic E-state index is 0.0160. The van der Waals surface area contributed by atoms with Crippen LogP contribution in [-0.4, -0.2) is 36.0 Å². The summed E-state index contributed by atoms with van der Waals surface area (Å²) in [6.45, 7) is 5.88. The second-order valence-corrected chi connectivity index (χ2v) is 5.90. The summed E-state index contributed by atoms with van der Waals surface area (Å²) in [6, 6.07) is 5.45. The third-order valence-corrected chi connectivity index (χ3v) is 4.12. The normalized spacial score (nSPS) is 18.9. The van der Waals surface area contributed by atoms with Crippen molar-refractivity contribution >= 4 is 29.1 Å². The Morgan fingerprint density at radius 1 is 1.37 bits per heavy atom. The second kappa shape index (κ2) is 6.12. The van der Waals surface area contributed by atoms with Gasteiger partial charge in [0.2, 0.25) is 0 Å². The molecule has 104 valence electrons. The zero-order valence-corrected chi connectivity index (χ0v) is 12.6. The van der Waals surface area contributed by atoms with Crippen LogP contribution in [0.4, 0.5) is 0 Å². The zero-order valence-electron chi connectivity index (χ0n) is 11.1. The Morgan fingerprint density at radius 2 is 2.11 bits per heavy atom. The predicted octanol–water partition coefficient (Wildman–Crippen LogP) is 3.21. The molecule has 5 heteroatoms. The summed E-state index contributed by atoms with van der Waals surface area (Å²) in [5.74, 6) is 0.0160. The van der Waals surface area contributed by atoms with Gasteiger partial charge in [-0.2, -0.15) is 0 Å². The van der Waals surface area contributed by atoms with Crippen LogP contribution in [0.3, 0.4) is 0 Å². The van der Waals surface area contributed by atoms with Gasteiger partial charge in [-0.15, -0.1) is 0 Å². The van der Waals surface area contributed by atoms with Crippen molar-refractivity contribution in [1.29, 1.82) is 0 Å². The number of carbonyl (C=O) groups excluding carboxylic acids is 1. The topological polar surface area (TPSA) is 32.3 Å². The van der Waals surface area contributed by atoms with E-state index >= 15 is 0 Å². The smallest absolute Gasteiger partial charge is 0.254 e. The number of halogens is 2. The highest BCUT2D eigenvalue weighted by Crippen LogP contribution is 2.24. The van der Waals surface area contributed by atoms with Gasteiger partial charge in [-0.25, -0.2) is 0 Å². The Bertz CT molecular complexity index is 471. The molecule has 1 N–H and O–H groups in total. The van der Waals surface area contributed by atoms with Crippen molar-refractivity contribution in [1.82, 2.24) is 10.2 Å². The molecule has 1 fully saturated rings. The Balaban J connectivity index is 2.25.